The normalized spacial score (nSPS) is 10.7. The highest BCUT2D eigenvalue weighted by Gasteiger charge is 2.29. The van der Waals surface area contributed by atoms with Crippen molar-refractivity contribution in [3.8, 4) is 11.4 Å². The zero-order chi connectivity index (χ0) is 15.6. The highest BCUT2D eigenvalue weighted by atomic mass is 15.2. The largest absolute Gasteiger partial charge is 0.290 e. The maximum absolute atomic E-state index is 3.97. The zero-order valence-electron chi connectivity index (χ0n) is 13.1. The second-order valence-corrected chi connectivity index (χ2v) is 5.32. The molecular formula is C19H23N2+. The predicted octanol–water partition coefficient (Wildman–Crippen LogP) is 4.49. The molecule has 1 aromatic carbocycles. The van der Waals surface area contributed by atoms with Crippen LogP contribution in [0, 0.1) is 0 Å². The number of rotatable bonds is 5. The van der Waals surface area contributed by atoms with Crippen LogP contribution in [0.3, 0.4) is 0 Å². The predicted molar refractivity (Wildman–Crippen MR) is 91.7 cm³/mol. The van der Waals surface area contributed by atoms with E-state index < -0.39 is 0 Å². The molecule has 2 nitrogen and oxygen atoms in total. The van der Waals surface area contributed by atoms with Crippen LogP contribution < -0.4 is 4.57 Å². The lowest BCUT2D eigenvalue weighted by Gasteiger charge is -2.09. The van der Waals surface area contributed by atoms with Crippen LogP contribution in [0.4, 0.5) is 0 Å². The van der Waals surface area contributed by atoms with Crippen molar-refractivity contribution in [3.63, 3.8) is 0 Å². The molecule has 0 N–H and O–H groups in total. The summed E-state index contributed by atoms with van der Waals surface area (Å²) in [5, 5.41) is 0. The number of aromatic nitrogens is 2. The molecule has 0 atom stereocenters. The molecule has 0 fully saturated rings. The Bertz CT molecular complexity index is 703. The van der Waals surface area contributed by atoms with Crippen LogP contribution in [0.25, 0.3) is 29.6 Å². The van der Waals surface area contributed by atoms with Gasteiger partial charge in [0.05, 0.1) is 18.7 Å². The van der Waals surface area contributed by atoms with Gasteiger partial charge in [0.25, 0.3) is 5.82 Å². The topological polar surface area (TPSA) is 8.81 Å². The van der Waals surface area contributed by atoms with E-state index in [1.54, 1.807) is 0 Å². The van der Waals surface area contributed by atoms with Crippen molar-refractivity contribution in [3.05, 3.63) is 61.0 Å². The fourth-order valence-corrected chi connectivity index (χ4v) is 2.84. The molecular weight excluding hydrogens is 256 g/mol. The third-order valence-corrected chi connectivity index (χ3v) is 3.75. The maximum Gasteiger partial charge on any atom is 0.290 e. The molecule has 108 valence electrons. The Balaban J connectivity index is 2.91. The van der Waals surface area contributed by atoms with Gasteiger partial charge in [-0.1, -0.05) is 44.0 Å². The van der Waals surface area contributed by atoms with Crippen molar-refractivity contribution < 1.29 is 4.57 Å². The molecule has 21 heavy (non-hydrogen) atoms. The highest BCUT2D eigenvalue weighted by Crippen LogP contribution is 2.28. The molecule has 0 aliphatic heterocycles. The Morgan fingerprint density at radius 1 is 1.05 bits per heavy atom. The van der Waals surface area contributed by atoms with E-state index in [9.17, 15) is 0 Å². The van der Waals surface area contributed by atoms with E-state index in [-0.39, 0.29) is 0 Å². The van der Waals surface area contributed by atoms with Gasteiger partial charge in [-0.05, 0) is 37.6 Å². The van der Waals surface area contributed by atoms with E-state index in [0.717, 1.165) is 22.8 Å². The van der Waals surface area contributed by atoms with E-state index in [1.165, 1.54) is 5.56 Å². The van der Waals surface area contributed by atoms with E-state index in [1.807, 2.05) is 24.3 Å². The summed E-state index contributed by atoms with van der Waals surface area (Å²) in [5.41, 5.74) is 4.46. The third-order valence-electron chi connectivity index (χ3n) is 3.75. The van der Waals surface area contributed by atoms with E-state index >= 15 is 0 Å². The summed E-state index contributed by atoms with van der Waals surface area (Å²) in [6, 6.07) is 8.63. The minimum atomic E-state index is 0.325. The lowest BCUT2D eigenvalue weighted by molar-refractivity contribution is -0.661. The second-order valence-electron chi connectivity index (χ2n) is 5.32. The molecule has 0 bridgehead atoms. The second kappa shape index (κ2) is 5.96. The molecule has 2 aromatic rings. The van der Waals surface area contributed by atoms with Crippen LogP contribution in [0.1, 0.15) is 36.8 Å². The molecule has 1 heterocycles. The quantitative estimate of drug-likeness (QED) is 0.713. The smallest absolute Gasteiger partial charge is 0.226 e. The van der Waals surface area contributed by atoms with Gasteiger partial charge in [-0.3, -0.25) is 0 Å². The van der Waals surface area contributed by atoms with E-state index in [0.29, 0.717) is 6.04 Å². The Hall–Kier alpha value is -2.35. The van der Waals surface area contributed by atoms with Crippen molar-refractivity contribution >= 4 is 18.2 Å². The van der Waals surface area contributed by atoms with Gasteiger partial charge >= 0.3 is 0 Å². The standard InChI is InChI=1S/C19H23N2/c1-7-15-12-10-11-13-16(15)19-20(6)17(8-2)18(9-3)21(19)14(4)5/h7-14H,1-3H2,4-6H3/q+1. The van der Waals surface area contributed by atoms with Crippen molar-refractivity contribution in [2.75, 3.05) is 0 Å². The fourth-order valence-electron chi connectivity index (χ4n) is 2.84. The minimum Gasteiger partial charge on any atom is -0.226 e. The summed E-state index contributed by atoms with van der Waals surface area (Å²) in [5.74, 6) is 1.14. The van der Waals surface area contributed by atoms with Crippen LogP contribution in [0.5, 0.6) is 0 Å². The number of imidazole rings is 1. The lowest BCUT2D eigenvalue weighted by atomic mass is 10.1. The van der Waals surface area contributed by atoms with E-state index in [2.05, 4.69) is 68.0 Å². The number of nitrogens with zero attached hydrogens (tertiary/aromatic N) is 2. The molecule has 2 heteroatoms. The van der Waals surface area contributed by atoms with Crippen molar-refractivity contribution in [1.29, 1.82) is 0 Å². The first-order chi connectivity index (χ1) is 10.1. The molecule has 0 aliphatic rings. The van der Waals surface area contributed by atoms with Gasteiger partial charge in [-0.2, -0.15) is 0 Å². The summed E-state index contributed by atoms with van der Waals surface area (Å²) < 4.78 is 4.47. The molecule has 0 amide bonds. The van der Waals surface area contributed by atoms with Gasteiger partial charge in [0.1, 0.15) is 0 Å². The maximum atomic E-state index is 3.97. The molecule has 0 saturated heterocycles. The van der Waals surface area contributed by atoms with Crippen LogP contribution in [-0.2, 0) is 7.05 Å². The fraction of sp³-hybridized carbons (Fsp3) is 0.211. The van der Waals surface area contributed by atoms with Crippen molar-refractivity contribution in [2.45, 2.75) is 19.9 Å². The van der Waals surface area contributed by atoms with Crippen molar-refractivity contribution in [1.82, 2.24) is 4.57 Å². The molecule has 0 saturated carbocycles. The summed E-state index contributed by atoms with van der Waals surface area (Å²) in [4.78, 5) is 0. The first-order valence-corrected chi connectivity index (χ1v) is 7.17. The molecule has 1 aromatic heterocycles. The Labute approximate surface area is 127 Å². The summed E-state index contributed by atoms with van der Waals surface area (Å²) >= 11 is 0. The molecule has 0 aliphatic carbocycles. The highest BCUT2D eigenvalue weighted by molar-refractivity contribution is 5.71. The van der Waals surface area contributed by atoms with Gasteiger partial charge in [0.2, 0.25) is 0 Å². The first kappa shape index (κ1) is 15.0. The SMILES string of the molecule is C=Cc1ccccc1-c1n(C(C)C)c(C=C)c(C=C)[n+]1C. The molecule has 0 unspecified atom stereocenters. The van der Waals surface area contributed by atoms with Gasteiger partial charge in [0, 0.05) is 0 Å². The van der Waals surface area contributed by atoms with Crippen LogP contribution in [0.2, 0.25) is 0 Å². The summed E-state index contributed by atoms with van der Waals surface area (Å²) in [6.07, 6.45) is 5.68. The average Bonchev–Trinajstić information content (AvgIpc) is 2.78. The monoisotopic (exact) mass is 279 g/mol. The van der Waals surface area contributed by atoms with Gasteiger partial charge < -0.3 is 0 Å². The van der Waals surface area contributed by atoms with Gasteiger partial charge in [-0.25, -0.2) is 9.13 Å². The van der Waals surface area contributed by atoms with Gasteiger partial charge in [-0.15, -0.1) is 0 Å². The summed E-state index contributed by atoms with van der Waals surface area (Å²) in [6.45, 7) is 16.2. The minimum absolute atomic E-state index is 0.325. The third kappa shape index (κ3) is 2.38. The molecule has 0 radical (unpaired) electrons. The molecule has 0 spiro atoms. The number of benzene rings is 1. The number of hydrogen-bond donors (Lipinski definition) is 0. The van der Waals surface area contributed by atoms with Crippen LogP contribution in [0.15, 0.2) is 44.0 Å². The Morgan fingerprint density at radius 2 is 1.71 bits per heavy atom. The number of hydrogen-bond acceptors (Lipinski definition) is 0. The van der Waals surface area contributed by atoms with Crippen molar-refractivity contribution in [2.24, 2.45) is 7.05 Å². The first-order valence-electron chi connectivity index (χ1n) is 7.17. The van der Waals surface area contributed by atoms with Crippen LogP contribution in [-0.4, -0.2) is 4.57 Å². The Kier molecular flexibility index (Phi) is 4.27. The lowest BCUT2D eigenvalue weighted by Crippen LogP contribution is -2.33. The average molecular weight is 279 g/mol. The van der Waals surface area contributed by atoms with Crippen LogP contribution >= 0.6 is 0 Å². The zero-order valence-corrected chi connectivity index (χ0v) is 13.1. The summed E-state index contributed by atoms with van der Waals surface area (Å²) in [7, 11) is 2.07. The van der Waals surface area contributed by atoms with Gasteiger partial charge in [0.15, 0.2) is 11.4 Å². The van der Waals surface area contributed by atoms with E-state index in [4.69, 9.17) is 0 Å². The molecule has 2 rings (SSSR count). The Morgan fingerprint density at radius 3 is 2.24 bits per heavy atom.